The molecule has 0 aliphatic carbocycles. The number of carbonyl (C=O) groups is 1. The Hall–Kier alpha value is -2.24. The molecule has 4 rings (SSSR count). The summed E-state index contributed by atoms with van der Waals surface area (Å²) in [6.07, 6.45) is 7.22. The maximum atomic E-state index is 13.5. The first-order chi connectivity index (χ1) is 15.6. The van der Waals surface area contributed by atoms with E-state index in [4.69, 9.17) is 4.74 Å². The average molecular weight is 436 g/mol. The molecular weight excluding hydrogens is 398 g/mol. The quantitative estimate of drug-likeness (QED) is 0.709. The molecule has 3 heterocycles. The highest BCUT2D eigenvalue weighted by molar-refractivity contribution is 5.83. The van der Waals surface area contributed by atoms with Crippen LogP contribution in [-0.2, 0) is 16.0 Å². The Labute approximate surface area is 192 Å². The first-order valence-electron chi connectivity index (χ1n) is 12.1. The number of nitrogens with zero attached hydrogens (tertiary/aromatic N) is 2. The molecule has 2 saturated heterocycles. The number of rotatable bonds is 7. The van der Waals surface area contributed by atoms with Gasteiger partial charge < -0.3 is 15.0 Å². The zero-order chi connectivity index (χ0) is 22.4. The Kier molecular flexibility index (Phi) is 7.59. The average Bonchev–Trinajstić information content (AvgIpc) is 2.80. The fourth-order valence-corrected chi connectivity index (χ4v) is 5.59. The third-order valence-electron chi connectivity index (χ3n) is 7.13. The first-order valence-corrected chi connectivity index (χ1v) is 12.1. The molecule has 0 spiro atoms. The number of pyridine rings is 1. The lowest BCUT2D eigenvalue weighted by Crippen LogP contribution is -2.49. The van der Waals surface area contributed by atoms with Gasteiger partial charge in [0.2, 0.25) is 5.91 Å². The summed E-state index contributed by atoms with van der Waals surface area (Å²) in [6, 6.07) is 12.5. The van der Waals surface area contributed by atoms with E-state index in [1.807, 2.05) is 24.5 Å². The highest BCUT2D eigenvalue weighted by atomic mass is 16.5. The van der Waals surface area contributed by atoms with Crippen molar-refractivity contribution in [1.82, 2.24) is 15.2 Å². The van der Waals surface area contributed by atoms with Crippen LogP contribution in [0.3, 0.4) is 0 Å². The molecule has 1 amide bonds. The standard InChI is InChI=1S/C27H37N3O2/c1-21-17-22(2)20-30(19-21)14-13-29-26(31)27(9-15-32-16-10-27)18-24-5-3-4-6-25(24)23-7-11-28-12-8-23/h3-8,11-12,21-22H,9-10,13-20H2,1-2H3,(H,29,31)/t21-,22-/m1/s1. The largest absolute Gasteiger partial charge is 0.381 e. The SMILES string of the molecule is C[C@@H]1C[C@@H](C)CN(CCNC(=O)C2(Cc3ccccc3-c3ccncc3)CCOCC2)C1. The predicted molar refractivity (Wildman–Crippen MR) is 128 cm³/mol. The molecule has 2 atom stereocenters. The topological polar surface area (TPSA) is 54.5 Å². The number of amides is 1. The van der Waals surface area contributed by atoms with E-state index in [9.17, 15) is 4.79 Å². The molecule has 2 fully saturated rings. The van der Waals surface area contributed by atoms with Gasteiger partial charge in [0.05, 0.1) is 5.41 Å². The van der Waals surface area contributed by atoms with E-state index in [0.29, 0.717) is 19.8 Å². The van der Waals surface area contributed by atoms with Gasteiger partial charge >= 0.3 is 0 Å². The smallest absolute Gasteiger partial charge is 0.226 e. The van der Waals surface area contributed by atoms with Crippen molar-refractivity contribution in [2.45, 2.75) is 39.5 Å². The van der Waals surface area contributed by atoms with Gasteiger partial charge in [-0.1, -0.05) is 38.1 Å². The molecule has 0 saturated carbocycles. The summed E-state index contributed by atoms with van der Waals surface area (Å²) in [7, 11) is 0. The number of hydrogen-bond acceptors (Lipinski definition) is 4. The minimum atomic E-state index is -0.413. The van der Waals surface area contributed by atoms with Crippen LogP contribution in [0.1, 0.15) is 38.7 Å². The number of aromatic nitrogens is 1. The molecule has 1 aromatic heterocycles. The Morgan fingerprint density at radius 3 is 2.50 bits per heavy atom. The zero-order valence-electron chi connectivity index (χ0n) is 19.6. The molecule has 0 radical (unpaired) electrons. The van der Waals surface area contributed by atoms with E-state index in [2.05, 4.69) is 53.3 Å². The van der Waals surface area contributed by atoms with Crippen molar-refractivity contribution in [2.75, 3.05) is 39.4 Å². The Morgan fingerprint density at radius 1 is 1.09 bits per heavy atom. The van der Waals surface area contributed by atoms with Gasteiger partial charge in [0.1, 0.15) is 0 Å². The predicted octanol–water partition coefficient (Wildman–Crippen LogP) is 4.18. The third kappa shape index (κ3) is 5.57. The normalized spacial score (nSPS) is 23.6. The Balaban J connectivity index is 1.45. The highest BCUT2D eigenvalue weighted by Crippen LogP contribution is 2.37. The molecule has 5 heteroatoms. The summed E-state index contributed by atoms with van der Waals surface area (Å²) in [6.45, 7) is 9.87. The van der Waals surface area contributed by atoms with Gasteiger partial charge in [-0.3, -0.25) is 9.78 Å². The molecule has 1 aromatic carbocycles. The summed E-state index contributed by atoms with van der Waals surface area (Å²) in [4.78, 5) is 20.2. The van der Waals surface area contributed by atoms with Crippen LogP contribution < -0.4 is 5.32 Å². The maximum absolute atomic E-state index is 13.5. The van der Waals surface area contributed by atoms with E-state index < -0.39 is 5.41 Å². The fraction of sp³-hybridized carbons (Fsp3) is 0.556. The summed E-state index contributed by atoms with van der Waals surface area (Å²) in [5.74, 6) is 1.66. The number of nitrogens with one attached hydrogen (secondary N) is 1. The van der Waals surface area contributed by atoms with Crippen LogP contribution in [0.2, 0.25) is 0 Å². The van der Waals surface area contributed by atoms with Crippen molar-refractivity contribution in [3.63, 3.8) is 0 Å². The number of likely N-dealkylation sites (tertiary alicyclic amines) is 1. The molecule has 2 aliphatic rings. The molecule has 1 N–H and O–H groups in total. The van der Waals surface area contributed by atoms with Crippen molar-refractivity contribution in [3.05, 3.63) is 54.4 Å². The molecule has 5 nitrogen and oxygen atoms in total. The van der Waals surface area contributed by atoms with E-state index in [0.717, 1.165) is 56.3 Å². The molecular formula is C27H37N3O2. The number of carbonyl (C=O) groups excluding carboxylic acids is 1. The van der Waals surface area contributed by atoms with E-state index in [1.165, 1.54) is 17.5 Å². The lowest BCUT2D eigenvalue weighted by molar-refractivity contribution is -0.136. The summed E-state index contributed by atoms with van der Waals surface area (Å²) < 4.78 is 5.65. The van der Waals surface area contributed by atoms with Crippen LogP contribution in [-0.4, -0.2) is 55.2 Å². The minimum Gasteiger partial charge on any atom is -0.381 e. The number of piperidine rings is 1. The molecule has 2 aromatic rings. The van der Waals surface area contributed by atoms with Crippen molar-refractivity contribution >= 4 is 5.91 Å². The zero-order valence-corrected chi connectivity index (χ0v) is 19.6. The highest BCUT2D eigenvalue weighted by Gasteiger charge is 2.40. The fourth-order valence-electron chi connectivity index (χ4n) is 5.59. The van der Waals surface area contributed by atoms with Crippen LogP contribution in [0.4, 0.5) is 0 Å². The van der Waals surface area contributed by atoms with Gasteiger partial charge in [0, 0.05) is 51.8 Å². The van der Waals surface area contributed by atoms with Gasteiger partial charge in [0.15, 0.2) is 0 Å². The molecule has 0 unspecified atom stereocenters. The Morgan fingerprint density at radius 2 is 1.78 bits per heavy atom. The van der Waals surface area contributed by atoms with Gasteiger partial charge in [-0.25, -0.2) is 0 Å². The second-order valence-electron chi connectivity index (χ2n) is 9.92. The van der Waals surface area contributed by atoms with Gasteiger partial charge in [-0.05, 0) is 66.3 Å². The molecule has 172 valence electrons. The van der Waals surface area contributed by atoms with Crippen LogP contribution in [0.5, 0.6) is 0 Å². The first kappa shape index (κ1) is 22.9. The number of benzene rings is 1. The summed E-state index contributed by atoms with van der Waals surface area (Å²) >= 11 is 0. The monoisotopic (exact) mass is 435 g/mol. The van der Waals surface area contributed by atoms with Crippen molar-refractivity contribution in [2.24, 2.45) is 17.3 Å². The maximum Gasteiger partial charge on any atom is 0.226 e. The molecule has 2 aliphatic heterocycles. The number of ether oxygens (including phenoxy) is 1. The van der Waals surface area contributed by atoms with Crippen LogP contribution in [0, 0.1) is 17.3 Å². The van der Waals surface area contributed by atoms with Gasteiger partial charge in [-0.2, -0.15) is 0 Å². The Bertz CT molecular complexity index is 869. The van der Waals surface area contributed by atoms with Crippen LogP contribution in [0.15, 0.2) is 48.8 Å². The van der Waals surface area contributed by atoms with Crippen molar-refractivity contribution < 1.29 is 9.53 Å². The summed E-state index contributed by atoms with van der Waals surface area (Å²) in [5, 5.41) is 3.30. The van der Waals surface area contributed by atoms with E-state index in [1.54, 1.807) is 0 Å². The van der Waals surface area contributed by atoms with Crippen molar-refractivity contribution in [1.29, 1.82) is 0 Å². The second-order valence-corrected chi connectivity index (χ2v) is 9.92. The number of hydrogen-bond donors (Lipinski definition) is 1. The molecule has 32 heavy (non-hydrogen) atoms. The lowest BCUT2D eigenvalue weighted by atomic mass is 9.73. The van der Waals surface area contributed by atoms with E-state index in [-0.39, 0.29) is 5.91 Å². The third-order valence-corrected chi connectivity index (χ3v) is 7.13. The van der Waals surface area contributed by atoms with Gasteiger partial charge in [0.25, 0.3) is 0 Å². The van der Waals surface area contributed by atoms with Crippen molar-refractivity contribution in [3.8, 4) is 11.1 Å². The molecule has 0 bridgehead atoms. The van der Waals surface area contributed by atoms with E-state index >= 15 is 0 Å². The van der Waals surface area contributed by atoms with Gasteiger partial charge in [-0.15, -0.1) is 0 Å². The lowest BCUT2D eigenvalue weighted by Gasteiger charge is -2.37. The second kappa shape index (κ2) is 10.6. The van der Waals surface area contributed by atoms with Crippen LogP contribution >= 0.6 is 0 Å². The van der Waals surface area contributed by atoms with Crippen LogP contribution in [0.25, 0.3) is 11.1 Å². The summed E-state index contributed by atoms with van der Waals surface area (Å²) in [5.41, 5.74) is 3.13. The minimum absolute atomic E-state index is 0.184.